The van der Waals surface area contributed by atoms with Crippen molar-refractivity contribution in [3.8, 4) is 45.0 Å². The first-order valence-electron chi connectivity index (χ1n) is 16.9. The molecule has 0 aliphatic rings. The van der Waals surface area contributed by atoms with Crippen LogP contribution in [0.4, 0.5) is 5.82 Å². The minimum atomic E-state index is 0.517. The van der Waals surface area contributed by atoms with Crippen LogP contribution in [0.2, 0.25) is 0 Å². The number of hydrogen-bond donors (Lipinski definition) is 1. The number of pyridine rings is 4. The van der Waals surface area contributed by atoms with Crippen LogP contribution in [-0.4, -0.2) is 19.9 Å². The summed E-state index contributed by atoms with van der Waals surface area (Å²) in [7, 11) is 0. The van der Waals surface area contributed by atoms with E-state index in [1.54, 1.807) is 18.5 Å². The Labute approximate surface area is 300 Å². The number of rotatable bonds is 6. The maximum atomic E-state index is 5.56. The highest BCUT2D eigenvalue weighted by Crippen LogP contribution is 2.23. The van der Waals surface area contributed by atoms with E-state index in [-0.39, 0.29) is 0 Å². The van der Waals surface area contributed by atoms with Crippen molar-refractivity contribution in [1.82, 2.24) is 19.9 Å². The molecule has 0 saturated carbocycles. The minimum absolute atomic E-state index is 0.517. The van der Waals surface area contributed by atoms with E-state index in [4.69, 9.17) is 10.7 Å². The number of nitrogens with zero attached hydrogens (tertiary/aromatic N) is 4. The molecule has 0 radical (unpaired) electrons. The number of aromatic nitrogens is 4. The van der Waals surface area contributed by atoms with Gasteiger partial charge in [-0.15, -0.1) is 0 Å². The molecule has 0 amide bonds. The maximum absolute atomic E-state index is 5.56. The number of hydrogen-bond acceptors (Lipinski definition) is 5. The highest BCUT2D eigenvalue weighted by molar-refractivity contribution is 5.65. The van der Waals surface area contributed by atoms with E-state index >= 15 is 0 Å². The van der Waals surface area contributed by atoms with Gasteiger partial charge < -0.3 is 5.73 Å². The van der Waals surface area contributed by atoms with Gasteiger partial charge in [-0.05, 0) is 83.3 Å². The molecule has 4 aromatic carbocycles. The van der Waals surface area contributed by atoms with Crippen molar-refractivity contribution in [3.05, 3.63) is 211 Å². The molecule has 0 bridgehead atoms. The van der Waals surface area contributed by atoms with Gasteiger partial charge in [0.05, 0.1) is 22.8 Å². The average molecular weight is 662 g/mol. The zero-order valence-electron chi connectivity index (χ0n) is 28.5. The van der Waals surface area contributed by atoms with Crippen molar-refractivity contribution in [2.45, 2.75) is 13.3 Å². The van der Waals surface area contributed by atoms with Crippen LogP contribution < -0.4 is 5.73 Å². The molecule has 2 N–H and O–H groups in total. The van der Waals surface area contributed by atoms with E-state index in [0.717, 1.165) is 34.9 Å². The summed E-state index contributed by atoms with van der Waals surface area (Å²) in [6.07, 6.45) is 4.34. The standard InChI is InChI=1S/C23H18N2.C13H12.C10H9N3/c1-2-9-19(10-3-1)20-11-6-8-18(16-20)17-21-12-7-14-23(25-21)22-13-4-5-15-24-22;1-11-6-5-9-13(10-11)12-7-3-2-4-8-12;11-10-6-3-5-9(13-10)8-4-1-2-7-12-8/h1-16H,17H2;2-10H,1H3;1-7H,(H2,11,13). The van der Waals surface area contributed by atoms with Crippen molar-refractivity contribution in [2.75, 3.05) is 5.73 Å². The normalized spacial score (nSPS) is 10.2. The van der Waals surface area contributed by atoms with Gasteiger partial charge in [-0.25, -0.2) is 4.98 Å². The Kier molecular flexibility index (Phi) is 11.8. The molecule has 4 aromatic heterocycles. The molecule has 0 saturated heterocycles. The van der Waals surface area contributed by atoms with Crippen molar-refractivity contribution in [3.63, 3.8) is 0 Å². The molecule has 0 fully saturated rings. The number of benzene rings is 4. The summed E-state index contributed by atoms with van der Waals surface area (Å²) in [5.41, 5.74) is 17.7. The van der Waals surface area contributed by atoms with Crippen LogP contribution in [0.15, 0.2) is 194 Å². The van der Waals surface area contributed by atoms with Gasteiger partial charge in [-0.3, -0.25) is 15.0 Å². The largest absolute Gasteiger partial charge is 0.384 e. The second-order valence-corrected chi connectivity index (χ2v) is 11.9. The third kappa shape index (κ3) is 10.1. The molecule has 0 atom stereocenters. The van der Waals surface area contributed by atoms with Crippen LogP contribution in [0.1, 0.15) is 16.8 Å². The van der Waals surface area contributed by atoms with Crippen molar-refractivity contribution in [1.29, 1.82) is 0 Å². The van der Waals surface area contributed by atoms with Crippen LogP contribution in [0.3, 0.4) is 0 Å². The van der Waals surface area contributed by atoms with Gasteiger partial charge in [0, 0.05) is 24.5 Å². The van der Waals surface area contributed by atoms with Gasteiger partial charge in [0.1, 0.15) is 5.82 Å². The third-order valence-corrected chi connectivity index (χ3v) is 7.98. The maximum Gasteiger partial charge on any atom is 0.124 e. The third-order valence-electron chi connectivity index (χ3n) is 7.98. The predicted molar refractivity (Wildman–Crippen MR) is 211 cm³/mol. The predicted octanol–water partition coefficient (Wildman–Crippen LogP) is 10.8. The van der Waals surface area contributed by atoms with E-state index < -0.39 is 0 Å². The van der Waals surface area contributed by atoms with Gasteiger partial charge in [0.15, 0.2) is 0 Å². The van der Waals surface area contributed by atoms with Gasteiger partial charge in [0.2, 0.25) is 0 Å². The molecular weight excluding hydrogens is 623 g/mol. The van der Waals surface area contributed by atoms with Crippen molar-refractivity contribution < 1.29 is 0 Å². The first kappa shape index (κ1) is 34.2. The monoisotopic (exact) mass is 661 g/mol. The summed E-state index contributed by atoms with van der Waals surface area (Å²) < 4.78 is 0. The van der Waals surface area contributed by atoms with Crippen LogP contribution in [-0.2, 0) is 6.42 Å². The molecule has 51 heavy (non-hydrogen) atoms. The molecular formula is C46H39N5. The number of aryl methyl sites for hydroxylation is 1. The Bertz CT molecular complexity index is 2080. The summed E-state index contributed by atoms with van der Waals surface area (Å²) in [5.74, 6) is 0.517. The summed E-state index contributed by atoms with van der Waals surface area (Å²) in [5, 5.41) is 0. The van der Waals surface area contributed by atoms with E-state index in [0.29, 0.717) is 5.82 Å². The van der Waals surface area contributed by atoms with Crippen LogP contribution in [0, 0.1) is 6.92 Å². The quantitative estimate of drug-likeness (QED) is 0.192. The zero-order chi connectivity index (χ0) is 35.1. The van der Waals surface area contributed by atoms with Gasteiger partial charge in [-0.2, -0.15) is 0 Å². The Balaban J connectivity index is 0.000000145. The fraction of sp³-hybridized carbons (Fsp3) is 0.0435. The van der Waals surface area contributed by atoms with E-state index in [1.807, 2.05) is 72.8 Å². The van der Waals surface area contributed by atoms with Gasteiger partial charge in [0.25, 0.3) is 0 Å². The topological polar surface area (TPSA) is 77.6 Å². The molecule has 0 spiro atoms. The molecule has 0 aliphatic heterocycles. The number of nitrogen functional groups attached to an aromatic ring is 1. The molecule has 8 rings (SSSR count). The first-order valence-corrected chi connectivity index (χ1v) is 16.9. The van der Waals surface area contributed by atoms with Crippen LogP contribution in [0.25, 0.3) is 45.0 Å². The van der Waals surface area contributed by atoms with Crippen LogP contribution >= 0.6 is 0 Å². The Morgan fingerprint density at radius 3 is 1.47 bits per heavy atom. The molecule has 0 unspecified atom stereocenters. The molecule has 0 aliphatic carbocycles. The SMILES string of the molecule is Cc1cccc(-c2ccccc2)c1.Nc1cccc(-c2ccccn2)n1.c1ccc(-c2cccc(Cc3cccc(-c4ccccn4)n3)c2)cc1. The molecule has 8 aromatic rings. The van der Waals surface area contributed by atoms with Gasteiger partial charge in [-0.1, -0.05) is 139 Å². The number of anilines is 1. The Morgan fingerprint density at radius 1 is 0.412 bits per heavy atom. The summed E-state index contributed by atoms with van der Waals surface area (Å²) in [6.45, 7) is 2.12. The summed E-state index contributed by atoms with van der Waals surface area (Å²) in [6, 6.07) is 61.3. The molecule has 4 heterocycles. The molecule has 248 valence electrons. The lowest BCUT2D eigenvalue weighted by molar-refractivity contribution is 1.07. The molecule has 5 heteroatoms. The Hall–Kier alpha value is -6.72. The van der Waals surface area contributed by atoms with E-state index in [2.05, 4.69) is 125 Å². The highest BCUT2D eigenvalue weighted by Gasteiger charge is 2.05. The number of nitrogens with two attached hydrogens (primary N) is 1. The lowest BCUT2D eigenvalue weighted by Gasteiger charge is -2.07. The smallest absolute Gasteiger partial charge is 0.124 e. The first-order chi connectivity index (χ1) is 25.1. The lowest BCUT2D eigenvalue weighted by Crippen LogP contribution is -1.95. The van der Waals surface area contributed by atoms with Crippen molar-refractivity contribution in [2.24, 2.45) is 0 Å². The Morgan fingerprint density at radius 2 is 0.902 bits per heavy atom. The fourth-order valence-corrected chi connectivity index (χ4v) is 5.50. The van der Waals surface area contributed by atoms with Crippen molar-refractivity contribution >= 4 is 5.82 Å². The van der Waals surface area contributed by atoms with Gasteiger partial charge >= 0.3 is 0 Å². The van der Waals surface area contributed by atoms with E-state index in [9.17, 15) is 0 Å². The second kappa shape index (κ2) is 17.6. The van der Waals surface area contributed by atoms with E-state index in [1.165, 1.54) is 33.4 Å². The lowest BCUT2D eigenvalue weighted by atomic mass is 10.0. The summed E-state index contributed by atoms with van der Waals surface area (Å²) in [4.78, 5) is 17.5. The molecule has 5 nitrogen and oxygen atoms in total. The minimum Gasteiger partial charge on any atom is -0.384 e. The summed E-state index contributed by atoms with van der Waals surface area (Å²) >= 11 is 0. The fourth-order valence-electron chi connectivity index (χ4n) is 5.50. The van der Waals surface area contributed by atoms with Crippen LogP contribution in [0.5, 0.6) is 0 Å². The second-order valence-electron chi connectivity index (χ2n) is 11.9. The zero-order valence-corrected chi connectivity index (χ0v) is 28.5. The highest BCUT2D eigenvalue weighted by atomic mass is 14.9. The average Bonchev–Trinajstić information content (AvgIpc) is 3.20.